The average Bonchev–Trinajstić information content (AvgIpc) is 2.86. The number of benzene rings is 2. The van der Waals surface area contributed by atoms with Crippen LogP contribution in [0.3, 0.4) is 0 Å². The average molecular weight is 353 g/mol. The molecule has 0 spiro atoms. The SMILES string of the molecule is NC(=O)C1(c2ccccc2)Cc2c(ccc(Cl)c2Br)O1. The topological polar surface area (TPSA) is 52.3 Å². The Morgan fingerprint density at radius 2 is 1.95 bits per heavy atom. The first-order chi connectivity index (χ1) is 9.54. The number of halogens is 2. The highest BCUT2D eigenvalue weighted by molar-refractivity contribution is 9.10. The standard InChI is InChI=1S/C15H11BrClNO2/c16-13-10-8-15(14(18)19,9-4-2-1-3-5-9)20-12(10)7-6-11(13)17/h1-7H,8H2,(H2,18,19). The lowest BCUT2D eigenvalue weighted by Crippen LogP contribution is -2.45. The van der Waals surface area contributed by atoms with Gasteiger partial charge in [-0.05, 0) is 28.1 Å². The van der Waals surface area contributed by atoms with Gasteiger partial charge in [0.25, 0.3) is 5.91 Å². The van der Waals surface area contributed by atoms with Gasteiger partial charge < -0.3 is 10.5 Å². The third-order valence-electron chi connectivity index (χ3n) is 3.50. The van der Waals surface area contributed by atoms with Gasteiger partial charge in [-0.25, -0.2) is 0 Å². The minimum absolute atomic E-state index is 0.364. The van der Waals surface area contributed by atoms with Crippen LogP contribution in [0, 0.1) is 0 Å². The minimum Gasteiger partial charge on any atom is -0.472 e. The number of ether oxygens (including phenoxy) is 1. The fraction of sp³-hybridized carbons (Fsp3) is 0.133. The van der Waals surface area contributed by atoms with Crippen LogP contribution in [-0.2, 0) is 16.8 Å². The quantitative estimate of drug-likeness (QED) is 0.900. The van der Waals surface area contributed by atoms with E-state index in [1.165, 1.54) is 0 Å². The number of fused-ring (bicyclic) bond motifs is 1. The van der Waals surface area contributed by atoms with Gasteiger partial charge in [0.1, 0.15) is 5.75 Å². The molecule has 0 bridgehead atoms. The van der Waals surface area contributed by atoms with E-state index in [0.29, 0.717) is 17.2 Å². The number of carbonyl (C=O) groups is 1. The normalized spacial score (nSPS) is 20.3. The molecule has 1 aliphatic rings. The third-order valence-corrected chi connectivity index (χ3v) is 4.95. The first kappa shape index (κ1) is 13.5. The molecular formula is C15H11BrClNO2. The van der Waals surface area contributed by atoms with Crippen molar-refractivity contribution in [1.29, 1.82) is 0 Å². The van der Waals surface area contributed by atoms with Gasteiger partial charge in [0, 0.05) is 22.0 Å². The highest BCUT2D eigenvalue weighted by atomic mass is 79.9. The minimum atomic E-state index is -1.17. The molecule has 0 fully saturated rings. The third kappa shape index (κ3) is 1.91. The zero-order valence-corrected chi connectivity index (χ0v) is 12.7. The van der Waals surface area contributed by atoms with Gasteiger partial charge in [-0.15, -0.1) is 0 Å². The second-order valence-corrected chi connectivity index (χ2v) is 5.87. The maximum Gasteiger partial charge on any atom is 0.266 e. The maximum absolute atomic E-state index is 12.0. The molecule has 1 amide bonds. The fourth-order valence-electron chi connectivity index (χ4n) is 2.46. The van der Waals surface area contributed by atoms with E-state index in [0.717, 1.165) is 15.6 Å². The summed E-state index contributed by atoms with van der Waals surface area (Å²) in [7, 11) is 0. The molecule has 2 aromatic rings. The van der Waals surface area contributed by atoms with Gasteiger partial charge >= 0.3 is 0 Å². The fourth-order valence-corrected chi connectivity index (χ4v) is 3.10. The molecule has 2 N–H and O–H groups in total. The van der Waals surface area contributed by atoms with Gasteiger partial charge in [0.15, 0.2) is 0 Å². The highest BCUT2D eigenvalue weighted by Crippen LogP contribution is 2.46. The Labute approximate surface area is 129 Å². The van der Waals surface area contributed by atoms with E-state index in [2.05, 4.69) is 15.9 Å². The predicted molar refractivity (Wildman–Crippen MR) is 80.8 cm³/mol. The molecule has 1 heterocycles. The molecule has 20 heavy (non-hydrogen) atoms. The van der Waals surface area contributed by atoms with Crippen molar-refractivity contribution in [2.45, 2.75) is 12.0 Å². The van der Waals surface area contributed by atoms with Crippen molar-refractivity contribution in [2.24, 2.45) is 5.73 Å². The Hall–Kier alpha value is -1.52. The number of nitrogens with two attached hydrogens (primary N) is 1. The molecule has 0 saturated heterocycles. The Morgan fingerprint density at radius 1 is 1.25 bits per heavy atom. The van der Waals surface area contributed by atoms with Gasteiger partial charge in [0.2, 0.25) is 5.60 Å². The van der Waals surface area contributed by atoms with Gasteiger partial charge in [-0.2, -0.15) is 0 Å². The van der Waals surface area contributed by atoms with Crippen LogP contribution in [0.25, 0.3) is 0 Å². The number of primary amides is 1. The zero-order valence-electron chi connectivity index (χ0n) is 10.4. The van der Waals surface area contributed by atoms with Gasteiger partial charge in [-0.3, -0.25) is 4.79 Å². The van der Waals surface area contributed by atoms with E-state index in [1.807, 2.05) is 30.3 Å². The molecule has 1 atom stereocenters. The van der Waals surface area contributed by atoms with E-state index in [4.69, 9.17) is 22.1 Å². The van der Waals surface area contributed by atoms with Crippen LogP contribution in [-0.4, -0.2) is 5.91 Å². The monoisotopic (exact) mass is 351 g/mol. The molecule has 0 aliphatic carbocycles. The van der Waals surface area contributed by atoms with Crippen molar-refractivity contribution in [2.75, 3.05) is 0 Å². The molecule has 2 aromatic carbocycles. The largest absolute Gasteiger partial charge is 0.472 e. The number of hydrogen-bond acceptors (Lipinski definition) is 2. The van der Waals surface area contributed by atoms with Crippen molar-refractivity contribution < 1.29 is 9.53 Å². The number of hydrogen-bond donors (Lipinski definition) is 1. The molecule has 0 radical (unpaired) electrons. The van der Waals surface area contributed by atoms with Crippen LogP contribution in [0.1, 0.15) is 11.1 Å². The second kappa shape index (κ2) is 4.79. The Balaban J connectivity index is 2.14. The summed E-state index contributed by atoms with van der Waals surface area (Å²) >= 11 is 9.53. The smallest absolute Gasteiger partial charge is 0.266 e. The predicted octanol–water partition coefficient (Wildman–Crippen LogP) is 3.42. The summed E-state index contributed by atoms with van der Waals surface area (Å²) in [5.74, 6) is 0.117. The Kier molecular flexibility index (Phi) is 3.22. The van der Waals surface area contributed by atoms with Crippen molar-refractivity contribution in [3.05, 3.63) is 63.1 Å². The summed E-state index contributed by atoms with van der Waals surface area (Å²) < 4.78 is 6.66. The van der Waals surface area contributed by atoms with E-state index in [1.54, 1.807) is 12.1 Å². The lowest BCUT2D eigenvalue weighted by atomic mass is 9.88. The summed E-state index contributed by atoms with van der Waals surface area (Å²) in [5, 5.41) is 0.584. The van der Waals surface area contributed by atoms with Crippen LogP contribution >= 0.6 is 27.5 Å². The Morgan fingerprint density at radius 3 is 2.60 bits per heavy atom. The number of amides is 1. The lowest BCUT2D eigenvalue weighted by Gasteiger charge is -2.25. The Bertz CT molecular complexity index is 690. The molecule has 3 nitrogen and oxygen atoms in total. The molecule has 1 unspecified atom stereocenters. The zero-order chi connectivity index (χ0) is 14.3. The number of carbonyl (C=O) groups excluding carboxylic acids is 1. The van der Waals surface area contributed by atoms with E-state index < -0.39 is 11.5 Å². The van der Waals surface area contributed by atoms with Crippen LogP contribution < -0.4 is 10.5 Å². The van der Waals surface area contributed by atoms with E-state index >= 15 is 0 Å². The molecule has 3 rings (SSSR count). The lowest BCUT2D eigenvalue weighted by molar-refractivity contribution is -0.132. The summed E-state index contributed by atoms with van der Waals surface area (Å²) in [4.78, 5) is 12.0. The van der Waals surface area contributed by atoms with Gasteiger partial charge in [-0.1, -0.05) is 41.9 Å². The van der Waals surface area contributed by atoms with Crippen LogP contribution in [0.5, 0.6) is 5.75 Å². The molecule has 102 valence electrons. The second-order valence-electron chi connectivity index (χ2n) is 4.67. The summed E-state index contributed by atoms with van der Waals surface area (Å²) in [6, 6.07) is 12.8. The molecule has 0 saturated carbocycles. The van der Waals surface area contributed by atoms with E-state index in [9.17, 15) is 4.79 Å². The number of rotatable bonds is 2. The maximum atomic E-state index is 12.0. The van der Waals surface area contributed by atoms with Crippen molar-refractivity contribution in [3.8, 4) is 5.75 Å². The molecular weight excluding hydrogens is 342 g/mol. The van der Waals surface area contributed by atoms with Crippen LogP contribution in [0.15, 0.2) is 46.9 Å². The summed E-state index contributed by atoms with van der Waals surface area (Å²) in [5.41, 5.74) is 6.05. The van der Waals surface area contributed by atoms with Gasteiger partial charge in [0.05, 0.1) is 5.02 Å². The van der Waals surface area contributed by atoms with Crippen LogP contribution in [0.4, 0.5) is 0 Å². The summed E-state index contributed by atoms with van der Waals surface area (Å²) in [6.07, 6.45) is 0.364. The van der Waals surface area contributed by atoms with Crippen molar-refractivity contribution >= 4 is 33.4 Å². The first-order valence-corrected chi connectivity index (χ1v) is 7.23. The summed E-state index contributed by atoms with van der Waals surface area (Å²) in [6.45, 7) is 0. The molecule has 0 aromatic heterocycles. The first-order valence-electron chi connectivity index (χ1n) is 6.06. The molecule has 5 heteroatoms. The van der Waals surface area contributed by atoms with E-state index in [-0.39, 0.29) is 0 Å². The van der Waals surface area contributed by atoms with Crippen molar-refractivity contribution in [3.63, 3.8) is 0 Å². The molecule has 1 aliphatic heterocycles. The van der Waals surface area contributed by atoms with Crippen molar-refractivity contribution in [1.82, 2.24) is 0 Å². The highest BCUT2D eigenvalue weighted by Gasteiger charge is 2.47. The van der Waals surface area contributed by atoms with Crippen LogP contribution in [0.2, 0.25) is 5.02 Å².